The standard InChI is InChI=1S/C12H20N2S2/c1-8(11-9(2)16-10(3)14-11)13-7-12(15-4)5-6-12/h8,13H,5-7H2,1-4H3. The first-order chi connectivity index (χ1) is 7.56. The molecule has 1 aliphatic carbocycles. The van der Waals surface area contributed by atoms with Crippen molar-refractivity contribution < 1.29 is 0 Å². The topological polar surface area (TPSA) is 24.9 Å². The van der Waals surface area contributed by atoms with Crippen LogP contribution in [0.25, 0.3) is 0 Å². The number of nitrogens with zero attached hydrogens (tertiary/aromatic N) is 1. The van der Waals surface area contributed by atoms with Gasteiger partial charge in [-0.3, -0.25) is 0 Å². The van der Waals surface area contributed by atoms with Gasteiger partial charge in [0.05, 0.1) is 10.7 Å². The minimum Gasteiger partial charge on any atom is -0.307 e. The fraction of sp³-hybridized carbons (Fsp3) is 0.750. The van der Waals surface area contributed by atoms with Gasteiger partial charge in [0.2, 0.25) is 0 Å². The fourth-order valence-corrected chi connectivity index (χ4v) is 3.63. The molecule has 2 rings (SSSR count). The van der Waals surface area contributed by atoms with E-state index in [2.05, 4.69) is 37.3 Å². The van der Waals surface area contributed by atoms with E-state index in [0.29, 0.717) is 10.8 Å². The van der Waals surface area contributed by atoms with Crippen molar-refractivity contribution >= 4 is 23.1 Å². The first-order valence-electron chi connectivity index (χ1n) is 5.79. The molecule has 0 saturated heterocycles. The normalized spacial score (nSPS) is 19.8. The molecule has 1 atom stereocenters. The van der Waals surface area contributed by atoms with E-state index in [4.69, 9.17) is 0 Å². The van der Waals surface area contributed by atoms with E-state index in [-0.39, 0.29) is 0 Å². The number of thioether (sulfide) groups is 1. The summed E-state index contributed by atoms with van der Waals surface area (Å²) in [5.41, 5.74) is 1.24. The van der Waals surface area contributed by atoms with Crippen molar-refractivity contribution in [3.63, 3.8) is 0 Å². The maximum absolute atomic E-state index is 4.61. The molecule has 16 heavy (non-hydrogen) atoms. The van der Waals surface area contributed by atoms with E-state index in [9.17, 15) is 0 Å². The van der Waals surface area contributed by atoms with Gasteiger partial charge in [0.25, 0.3) is 0 Å². The summed E-state index contributed by atoms with van der Waals surface area (Å²) >= 11 is 3.80. The van der Waals surface area contributed by atoms with Crippen molar-refractivity contribution in [1.29, 1.82) is 0 Å². The highest BCUT2D eigenvalue weighted by molar-refractivity contribution is 8.00. The number of nitrogens with one attached hydrogen (secondary N) is 1. The summed E-state index contributed by atoms with van der Waals surface area (Å²) in [7, 11) is 0. The monoisotopic (exact) mass is 256 g/mol. The molecule has 1 aliphatic rings. The van der Waals surface area contributed by atoms with Crippen molar-refractivity contribution in [3.8, 4) is 0 Å². The van der Waals surface area contributed by atoms with E-state index in [0.717, 1.165) is 6.54 Å². The second-order valence-electron chi connectivity index (χ2n) is 4.66. The van der Waals surface area contributed by atoms with Gasteiger partial charge >= 0.3 is 0 Å². The van der Waals surface area contributed by atoms with Crippen LogP contribution in [0.1, 0.15) is 41.4 Å². The highest BCUT2D eigenvalue weighted by Gasteiger charge is 2.41. The molecule has 0 spiro atoms. The van der Waals surface area contributed by atoms with Crippen LogP contribution >= 0.6 is 23.1 Å². The molecular formula is C12H20N2S2. The van der Waals surface area contributed by atoms with Crippen molar-refractivity contribution in [2.45, 2.75) is 44.4 Å². The number of hydrogen-bond acceptors (Lipinski definition) is 4. The molecule has 0 aromatic carbocycles. The summed E-state index contributed by atoms with van der Waals surface area (Å²) in [4.78, 5) is 5.96. The van der Waals surface area contributed by atoms with Crippen LogP contribution < -0.4 is 5.32 Å². The number of hydrogen-bond donors (Lipinski definition) is 1. The van der Waals surface area contributed by atoms with E-state index in [1.165, 1.54) is 28.4 Å². The third-order valence-corrected chi connectivity index (χ3v) is 5.64. The summed E-state index contributed by atoms with van der Waals surface area (Å²) < 4.78 is 0.535. The summed E-state index contributed by atoms with van der Waals surface area (Å²) in [6.45, 7) is 7.58. The Morgan fingerprint density at radius 1 is 1.50 bits per heavy atom. The van der Waals surface area contributed by atoms with Crippen molar-refractivity contribution in [2.24, 2.45) is 0 Å². The first kappa shape index (κ1) is 12.4. The third kappa shape index (κ3) is 2.60. The Bertz CT molecular complexity index is 369. The predicted octanol–water partition coefficient (Wildman–Crippen LogP) is 3.31. The average Bonchev–Trinajstić information content (AvgIpc) is 2.96. The number of aryl methyl sites for hydroxylation is 2. The molecule has 1 N–H and O–H groups in total. The van der Waals surface area contributed by atoms with E-state index < -0.39 is 0 Å². The van der Waals surface area contributed by atoms with Crippen LogP contribution in [-0.2, 0) is 0 Å². The molecule has 90 valence electrons. The van der Waals surface area contributed by atoms with Crippen LogP contribution in [0.4, 0.5) is 0 Å². The molecular weight excluding hydrogens is 236 g/mol. The van der Waals surface area contributed by atoms with Gasteiger partial charge in [0.15, 0.2) is 0 Å². The molecule has 1 aromatic heterocycles. The first-order valence-corrected chi connectivity index (χ1v) is 7.83. The highest BCUT2D eigenvalue weighted by atomic mass is 32.2. The lowest BCUT2D eigenvalue weighted by Crippen LogP contribution is -2.28. The van der Waals surface area contributed by atoms with Crippen LogP contribution in [-0.4, -0.2) is 22.5 Å². The van der Waals surface area contributed by atoms with Gasteiger partial charge in [-0.2, -0.15) is 11.8 Å². The van der Waals surface area contributed by atoms with Gasteiger partial charge < -0.3 is 5.32 Å². The zero-order valence-corrected chi connectivity index (χ0v) is 12.1. The fourth-order valence-electron chi connectivity index (χ4n) is 1.97. The van der Waals surface area contributed by atoms with Crippen molar-refractivity contribution in [1.82, 2.24) is 10.3 Å². The highest BCUT2D eigenvalue weighted by Crippen LogP contribution is 2.46. The van der Waals surface area contributed by atoms with Gasteiger partial charge in [0, 0.05) is 22.2 Å². The molecule has 2 nitrogen and oxygen atoms in total. The van der Waals surface area contributed by atoms with Crippen LogP contribution in [0.2, 0.25) is 0 Å². The average molecular weight is 256 g/mol. The molecule has 0 radical (unpaired) electrons. The Morgan fingerprint density at radius 3 is 2.62 bits per heavy atom. The summed E-state index contributed by atoms with van der Waals surface area (Å²) in [6, 6.07) is 0.384. The Morgan fingerprint density at radius 2 is 2.19 bits per heavy atom. The molecule has 4 heteroatoms. The second-order valence-corrected chi connectivity index (χ2v) is 7.35. The largest absolute Gasteiger partial charge is 0.307 e. The number of rotatable bonds is 5. The summed E-state index contributed by atoms with van der Waals surface area (Å²) in [5, 5.41) is 4.80. The summed E-state index contributed by atoms with van der Waals surface area (Å²) in [5.74, 6) is 0. The Hall–Kier alpha value is -0.0600. The Balaban J connectivity index is 1.93. The van der Waals surface area contributed by atoms with Gasteiger partial charge in [0.1, 0.15) is 0 Å². The molecule has 1 fully saturated rings. The maximum Gasteiger partial charge on any atom is 0.0900 e. The summed E-state index contributed by atoms with van der Waals surface area (Å²) in [6.07, 6.45) is 4.95. The third-order valence-electron chi connectivity index (χ3n) is 3.32. The molecule has 1 unspecified atom stereocenters. The molecule has 1 heterocycles. The lowest BCUT2D eigenvalue weighted by Gasteiger charge is -2.17. The van der Waals surface area contributed by atoms with Crippen LogP contribution in [0.15, 0.2) is 0 Å². The molecule has 1 aromatic rings. The molecule has 0 aliphatic heterocycles. The minimum atomic E-state index is 0.384. The zero-order chi connectivity index (χ0) is 11.8. The molecule has 1 saturated carbocycles. The van der Waals surface area contributed by atoms with Crippen molar-refractivity contribution in [3.05, 3.63) is 15.6 Å². The van der Waals surface area contributed by atoms with Gasteiger partial charge in [-0.05, 0) is 39.9 Å². The minimum absolute atomic E-state index is 0.384. The van der Waals surface area contributed by atoms with E-state index in [1.54, 1.807) is 11.3 Å². The lowest BCUT2D eigenvalue weighted by molar-refractivity contribution is 0.551. The Labute approximate surface area is 106 Å². The van der Waals surface area contributed by atoms with Gasteiger partial charge in [-0.25, -0.2) is 4.98 Å². The predicted molar refractivity (Wildman–Crippen MR) is 73.5 cm³/mol. The molecule has 0 amide bonds. The molecule has 0 bridgehead atoms. The van der Waals surface area contributed by atoms with Crippen LogP contribution in [0.3, 0.4) is 0 Å². The second kappa shape index (κ2) is 4.67. The number of aromatic nitrogens is 1. The Kier molecular flexibility index (Phi) is 3.62. The maximum atomic E-state index is 4.61. The lowest BCUT2D eigenvalue weighted by atomic mass is 10.2. The van der Waals surface area contributed by atoms with Crippen molar-refractivity contribution in [2.75, 3.05) is 12.8 Å². The van der Waals surface area contributed by atoms with Gasteiger partial charge in [-0.1, -0.05) is 0 Å². The zero-order valence-electron chi connectivity index (χ0n) is 10.5. The quantitative estimate of drug-likeness (QED) is 0.875. The van der Waals surface area contributed by atoms with Crippen LogP contribution in [0.5, 0.6) is 0 Å². The SMILES string of the molecule is CSC1(CNC(C)c2nc(C)sc2C)CC1. The smallest absolute Gasteiger partial charge is 0.0900 e. The van der Waals surface area contributed by atoms with E-state index in [1.807, 2.05) is 11.8 Å². The number of thiazole rings is 1. The van der Waals surface area contributed by atoms with Crippen LogP contribution in [0, 0.1) is 13.8 Å². The van der Waals surface area contributed by atoms with Gasteiger partial charge in [-0.15, -0.1) is 11.3 Å². The van der Waals surface area contributed by atoms with E-state index >= 15 is 0 Å².